The molecule has 2 heteroatoms. The van der Waals surface area contributed by atoms with Crippen LogP contribution in [0.15, 0.2) is 24.3 Å². The van der Waals surface area contributed by atoms with E-state index in [0.29, 0.717) is 0 Å². The molecule has 15 heavy (non-hydrogen) atoms. The number of benzene rings is 1. The molecule has 0 bridgehead atoms. The Morgan fingerprint density at radius 2 is 1.80 bits per heavy atom. The van der Waals surface area contributed by atoms with Crippen LogP contribution < -0.4 is 0 Å². The Kier molecular flexibility index (Phi) is 4.03. The third kappa shape index (κ3) is 3.18. The van der Waals surface area contributed by atoms with Gasteiger partial charge in [-0.15, -0.1) is 0 Å². The van der Waals surface area contributed by atoms with Crippen LogP contribution in [0.25, 0.3) is 0 Å². The summed E-state index contributed by atoms with van der Waals surface area (Å²) in [6.45, 7) is 1.10. The van der Waals surface area contributed by atoms with Crippen LogP contribution in [-0.4, -0.2) is 18.0 Å². The van der Waals surface area contributed by atoms with Gasteiger partial charge in [-0.25, -0.2) is 0 Å². The lowest BCUT2D eigenvalue weighted by Gasteiger charge is -2.23. The number of hydrogen-bond acceptors (Lipinski definition) is 1. The summed E-state index contributed by atoms with van der Waals surface area (Å²) < 4.78 is 1.32. The number of nitrogens with zero attached hydrogens (tertiary/aromatic N) is 1. The molecule has 0 heterocycles. The summed E-state index contributed by atoms with van der Waals surface area (Å²) in [5, 5.41) is 0. The molecule has 0 aromatic heterocycles. The van der Waals surface area contributed by atoms with Crippen molar-refractivity contribution in [2.24, 2.45) is 0 Å². The molecule has 1 aliphatic carbocycles. The normalized spacial score (nSPS) is 17.5. The Hall–Kier alpha value is -0.0900. The summed E-state index contributed by atoms with van der Waals surface area (Å²) in [6, 6.07) is 9.70. The molecule has 2 rings (SSSR count). The molecule has 1 nitrogen and oxygen atoms in total. The smallest absolute Gasteiger partial charge is 0.0233 e. The molecule has 1 fully saturated rings. The number of halogens is 1. The maximum absolute atomic E-state index is 2.51. The highest BCUT2D eigenvalue weighted by Gasteiger charge is 2.19. The molecule has 0 atom stereocenters. The Bertz CT molecular complexity index is 301. The Labute approximate surface area is 106 Å². The monoisotopic (exact) mass is 315 g/mol. The van der Waals surface area contributed by atoms with Crippen molar-refractivity contribution in [1.29, 1.82) is 0 Å². The molecule has 0 unspecified atom stereocenters. The molecule has 0 amide bonds. The molecule has 0 saturated heterocycles. The standard InChI is InChI=1S/C13H18IN/c1-15(13-4-2-3-5-13)10-11-6-8-12(14)9-7-11/h6-9,13H,2-5,10H2,1H3. The van der Waals surface area contributed by atoms with Crippen molar-refractivity contribution in [3.05, 3.63) is 33.4 Å². The Balaban J connectivity index is 1.92. The van der Waals surface area contributed by atoms with Crippen molar-refractivity contribution in [2.75, 3.05) is 7.05 Å². The van der Waals surface area contributed by atoms with Gasteiger partial charge >= 0.3 is 0 Å². The van der Waals surface area contributed by atoms with Gasteiger partial charge in [-0.2, -0.15) is 0 Å². The van der Waals surface area contributed by atoms with Crippen LogP contribution >= 0.6 is 22.6 Å². The highest BCUT2D eigenvalue weighted by molar-refractivity contribution is 14.1. The summed E-state index contributed by atoms with van der Waals surface area (Å²) >= 11 is 2.35. The van der Waals surface area contributed by atoms with Crippen LogP contribution in [0.4, 0.5) is 0 Å². The van der Waals surface area contributed by atoms with E-state index >= 15 is 0 Å². The van der Waals surface area contributed by atoms with Gasteiger partial charge in [0, 0.05) is 16.2 Å². The van der Waals surface area contributed by atoms with Gasteiger partial charge in [0.05, 0.1) is 0 Å². The van der Waals surface area contributed by atoms with E-state index in [1.54, 1.807) is 0 Å². The van der Waals surface area contributed by atoms with Crippen LogP contribution in [0.1, 0.15) is 31.2 Å². The van der Waals surface area contributed by atoms with E-state index in [4.69, 9.17) is 0 Å². The molecule has 0 N–H and O–H groups in total. The second kappa shape index (κ2) is 5.30. The zero-order valence-electron chi connectivity index (χ0n) is 9.25. The summed E-state index contributed by atoms with van der Waals surface area (Å²) in [7, 11) is 2.26. The zero-order chi connectivity index (χ0) is 10.7. The summed E-state index contributed by atoms with van der Waals surface area (Å²) in [5.41, 5.74) is 1.44. The van der Waals surface area contributed by atoms with Crippen molar-refractivity contribution in [2.45, 2.75) is 38.3 Å². The van der Waals surface area contributed by atoms with Gasteiger partial charge in [0.2, 0.25) is 0 Å². The fraction of sp³-hybridized carbons (Fsp3) is 0.538. The molecular weight excluding hydrogens is 297 g/mol. The fourth-order valence-electron chi connectivity index (χ4n) is 2.35. The van der Waals surface area contributed by atoms with Crippen molar-refractivity contribution in [3.8, 4) is 0 Å². The summed E-state index contributed by atoms with van der Waals surface area (Å²) in [4.78, 5) is 2.51. The molecule has 82 valence electrons. The van der Waals surface area contributed by atoms with Crippen LogP contribution in [0, 0.1) is 3.57 Å². The first kappa shape index (κ1) is 11.4. The molecule has 0 radical (unpaired) electrons. The van der Waals surface area contributed by atoms with Crippen LogP contribution in [0.3, 0.4) is 0 Å². The number of rotatable bonds is 3. The van der Waals surface area contributed by atoms with Crippen LogP contribution in [0.2, 0.25) is 0 Å². The predicted molar refractivity (Wildman–Crippen MR) is 72.9 cm³/mol. The second-order valence-corrected chi connectivity index (χ2v) is 5.73. The van der Waals surface area contributed by atoms with Crippen molar-refractivity contribution >= 4 is 22.6 Å². The third-order valence-corrected chi connectivity index (χ3v) is 4.01. The van der Waals surface area contributed by atoms with Crippen molar-refractivity contribution in [1.82, 2.24) is 4.90 Å². The molecule has 0 aliphatic heterocycles. The largest absolute Gasteiger partial charge is 0.299 e. The van der Waals surface area contributed by atoms with E-state index in [1.165, 1.54) is 34.8 Å². The van der Waals surface area contributed by atoms with Gasteiger partial charge in [0.1, 0.15) is 0 Å². The van der Waals surface area contributed by atoms with Gasteiger partial charge in [0.25, 0.3) is 0 Å². The minimum atomic E-state index is 0.823. The second-order valence-electron chi connectivity index (χ2n) is 4.48. The Morgan fingerprint density at radius 3 is 2.40 bits per heavy atom. The summed E-state index contributed by atoms with van der Waals surface area (Å²) in [5.74, 6) is 0. The Morgan fingerprint density at radius 1 is 1.20 bits per heavy atom. The molecule has 1 aromatic rings. The first-order valence-corrected chi connectivity index (χ1v) is 6.78. The van der Waals surface area contributed by atoms with Crippen LogP contribution in [-0.2, 0) is 6.54 Å². The lowest BCUT2D eigenvalue weighted by molar-refractivity contribution is 0.237. The fourth-order valence-corrected chi connectivity index (χ4v) is 2.71. The third-order valence-electron chi connectivity index (χ3n) is 3.29. The maximum atomic E-state index is 2.51. The lowest BCUT2D eigenvalue weighted by atomic mass is 10.1. The van der Waals surface area contributed by atoms with Crippen LogP contribution in [0.5, 0.6) is 0 Å². The van der Waals surface area contributed by atoms with E-state index in [9.17, 15) is 0 Å². The van der Waals surface area contributed by atoms with Crippen molar-refractivity contribution in [3.63, 3.8) is 0 Å². The van der Waals surface area contributed by atoms with Gasteiger partial charge in [-0.3, -0.25) is 4.90 Å². The average Bonchev–Trinajstić information content (AvgIpc) is 2.74. The molecule has 0 spiro atoms. The summed E-state index contributed by atoms with van der Waals surface area (Å²) in [6.07, 6.45) is 5.62. The minimum Gasteiger partial charge on any atom is -0.299 e. The van der Waals surface area contributed by atoms with Gasteiger partial charge in [-0.05, 0) is 60.2 Å². The molecule has 1 saturated carbocycles. The molecular formula is C13H18IN. The maximum Gasteiger partial charge on any atom is 0.0233 e. The zero-order valence-corrected chi connectivity index (χ0v) is 11.4. The van der Waals surface area contributed by atoms with E-state index < -0.39 is 0 Å². The molecule has 1 aliphatic rings. The predicted octanol–water partition coefficient (Wildman–Crippen LogP) is 3.67. The SMILES string of the molecule is CN(Cc1ccc(I)cc1)C1CCCC1. The van der Waals surface area contributed by atoms with Gasteiger partial charge < -0.3 is 0 Å². The van der Waals surface area contributed by atoms with Gasteiger partial charge in [0.15, 0.2) is 0 Å². The first-order valence-electron chi connectivity index (χ1n) is 5.70. The van der Waals surface area contributed by atoms with E-state index in [-0.39, 0.29) is 0 Å². The highest BCUT2D eigenvalue weighted by Crippen LogP contribution is 2.23. The lowest BCUT2D eigenvalue weighted by Crippen LogP contribution is -2.28. The topological polar surface area (TPSA) is 3.24 Å². The minimum absolute atomic E-state index is 0.823. The van der Waals surface area contributed by atoms with E-state index in [2.05, 4.69) is 58.8 Å². The van der Waals surface area contributed by atoms with E-state index in [1.807, 2.05) is 0 Å². The average molecular weight is 315 g/mol. The molecule has 1 aromatic carbocycles. The first-order chi connectivity index (χ1) is 7.25. The van der Waals surface area contributed by atoms with Gasteiger partial charge in [-0.1, -0.05) is 25.0 Å². The quantitative estimate of drug-likeness (QED) is 0.770. The highest BCUT2D eigenvalue weighted by atomic mass is 127. The number of hydrogen-bond donors (Lipinski definition) is 0. The van der Waals surface area contributed by atoms with E-state index in [0.717, 1.165) is 12.6 Å². The van der Waals surface area contributed by atoms with Crippen molar-refractivity contribution < 1.29 is 0 Å².